The molecule has 0 unspecified atom stereocenters. The van der Waals surface area contributed by atoms with Crippen LogP contribution in [0.3, 0.4) is 0 Å². The molecule has 1 aliphatic heterocycles. The van der Waals surface area contributed by atoms with E-state index in [0.717, 1.165) is 18.7 Å². The summed E-state index contributed by atoms with van der Waals surface area (Å²) in [5, 5.41) is 3.04. The van der Waals surface area contributed by atoms with Crippen LogP contribution in [0.2, 0.25) is 0 Å². The first-order valence-electron chi connectivity index (χ1n) is 8.28. The van der Waals surface area contributed by atoms with E-state index < -0.39 is 23.1 Å². The van der Waals surface area contributed by atoms with Gasteiger partial charge < -0.3 is 11.1 Å². The van der Waals surface area contributed by atoms with Gasteiger partial charge in [0.2, 0.25) is 5.91 Å². The van der Waals surface area contributed by atoms with Crippen LogP contribution in [0.1, 0.15) is 18.4 Å². The molecule has 0 bridgehead atoms. The number of primary amides is 1. The number of amides is 1. The van der Waals surface area contributed by atoms with Gasteiger partial charge in [-0.25, -0.2) is 8.78 Å². The number of nitrogens with two attached hydrogens (primary N) is 1. The molecule has 3 rings (SSSR count). The standard InChI is InChI=1S/C19H21F2N3O/c20-16-7-6-15(12-17(16)21)23-19(18(22)25)8-10-24(11-9-19)13-14-4-2-1-3-5-14/h1-7,12,23H,8-11,13H2,(H2,22,25). The number of carbonyl (C=O) groups excluding carboxylic acids is 1. The first-order valence-corrected chi connectivity index (χ1v) is 8.28. The van der Waals surface area contributed by atoms with Crippen LogP contribution in [0.15, 0.2) is 48.5 Å². The first kappa shape index (κ1) is 17.4. The number of halogens is 2. The van der Waals surface area contributed by atoms with Crippen molar-refractivity contribution < 1.29 is 13.6 Å². The number of hydrogen-bond acceptors (Lipinski definition) is 3. The maximum atomic E-state index is 13.4. The van der Waals surface area contributed by atoms with Crippen molar-refractivity contribution in [2.45, 2.75) is 24.9 Å². The highest BCUT2D eigenvalue weighted by Gasteiger charge is 2.40. The Morgan fingerprint density at radius 3 is 2.36 bits per heavy atom. The van der Waals surface area contributed by atoms with Gasteiger partial charge in [0.05, 0.1) is 0 Å². The van der Waals surface area contributed by atoms with Crippen LogP contribution in [-0.2, 0) is 11.3 Å². The van der Waals surface area contributed by atoms with Gasteiger partial charge in [-0.2, -0.15) is 0 Å². The molecule has 1 aliphatic rings. The molecule has 0 spiro atoms. The number of anilines is 1. The minimum Gasteiger partial charge on any atom is -0.371 e. The van der Waals surface area contributed by atoms with Crippen LogP contribution >= 0.6 is 0 Å². The van der Waals surface area contributed by atoms with E-state index in [1.165, 1.54) is 11.6 Å². The van der Waals surface area contributed by atoms with Crippen molar-refractivity contribution in [3.05, 3.63) is 65.7 Å². The van der Waals surface area contributed by atoms with E-state index in [1.807, 2.05) is 18.2 Å². The summed E-state index contributed by atoms with van der Waals surface area (Å²) >= 11 is 0. The van der Waals surface area contributed by atoms with E-state index in [0.29, 0.717) is 31.6 Å². The van der Waals surface area contributed by atoms with E-state index in [2.05, 4.69) is 22.3 Å². The SMILES string of the molecule is NC(=O)C1(Nc2ccc(F)c(F)c2)CCN(Cc2ccccc2)CC1. The number of rotatable bonds is 5. The Hall–Kier alpha value is -2.47. The van der Waals surface area contributed by atoms with Gasteiger partial charge in [-0.15, -0.1) is 0 Å². The van der Waals surface area contributed by atoms with Gasteiger partial charge in [0, 0.05) is 31.4 Å². The normalized spacial score (nSPS) is 17.2. The zero-order valence-electron chi connectivity index (χ0n) is 13.8. The summed E-state index contributed by atoms with van der Waals surface area (Å²) in [6, 6.07) is 13.6. The predicted molar refractivity (Wildman–Crippen MR) is 92.9 cm³/mol. The fourth-order valence-corrected chi connectivity index (χ4v) is 3.22. The number of nitrogens with one attached hydrogen (secondary N) is 1. The maximum Gasteiger partial charge on any atom is 0.243 e. The number of carbonyl (C=O) groups is 1. The van der Waals surface area contributed by atoms with Crippen LogP contribution < -0.4 is 11.1 Å². The summed E-state index contributed by atoms with van der Waals surface area (Å²) in [6.45, 7) is 2.18. The van der Waals surface area contributed by atoms with Crippen LogP contribution in [0, 0.1) is 11.6 Å². The third-order valence-electron chi connectivity index (χ3n) is 4.73. The monoisotopic (exact) mass is 345 g/mol. The van der Waals surface area contributed by atoms with Crippen molar-refractivity contribution in [2.75, 3.05) is 18.4 Å². The zero-order valence-corrected chi connectivity index (χ0v) is 13.8. The third kappa shape index (κ3) is 3.96. The summed E-state index contributed by atoms with van der Waals surface area (Å²) in [4.78, 5) is 14.3. The summed E-state index contributed by atoms with van der Waals surface area (Å²) in [5.74, 6) is -2.35. The van der Waals surface area contributed by atoms with Crippen LogP contribution in [0.25, 0.3) is 0 Å². The highest BCUT2D eigenvalue weighted by atomic mass is 19.2. The molecule has 0 aromatic heterocycles. The predicted octanol–water partition coefficient (Wildman–Crippen LogP) is 2.90. The fraction of sp³-hybridized carbons (Fsp3) is 0.316. The van der Waals surface area contributed by atoms with E-state index in [9.17, 15) is 13.6 Å². The zero-order chi connectivity index (χ0) is 17.9. The molecule has 1 saturated heterocycles. The van der Waals surface area contributed by atoms with Gasteiger partial charge in [-0.3, -0.25) is 9.69 Å². The quantitative estimate of drug-likeness (QED) is 0.876. The largest absolute Gasteiger partial charge is 0.371 e. The third-order valence-corrected chi connectivity index (χ3v) is 4.73. The molecule has 0 atom stereocenters. The Labute approximate surface area is 145 Å². The van der Waals surface area contributed by atoms with Crippen LogP contribution in [0.5, 0.6) is 0 Å². The molecule has 0 aliphatic carbocycles. The second-order valence-electron chi connectivity index (χ2n) is 6.46. The Morgan fingerprint density at radius 2 is 1.76 bits per heavy atom. The Kier molecular flexibility index (Phi) is 4.99. The lowest BCUT2D eigenvalue weighted by Crippen LogP contribution is -2.57. The lowest BCUT2D eigenvalue weighted by Gasteiger charge is -2.40. The van der Waals surface area contributed by atoms with E-state index in [4.69, 9.17) is 5.73 Å². The molecule has 1 amide bonds. The molecule has 1 fully saturated rings. The van der Waals surface area contributed by atoms with E-state index in [-0.39, 0.29) is 0 Å². The number of benzene rings is 2. The molecule has 2 aromatic carbocycles. The average Bonchev–Trinajstić information content (AvgIpc) is 2.61. The molecule has 2 aromatic rings. The van der Waals surface area contributed by atoms with Crippen molar-refractivity contribution >= 4 is 11.6 Å². The summed E-state index contributed by atoms with van der Waals surface area (Å²) in [7, 11) is 0. The number of likely N-dealkylation sites (tertiary alicyclic amines) is 1. The topological polar surface area (TPSA) is 58.4 Å². The molecular weight excluding hydrogens is 324 g/mol. The molecular formula is C19H21F2N3O. The lowest BCUT2D eigenvalue weighted by molar-refractivity contribution is -0.123. The van der Waals surface area contributed by atoms with E-state index >= 15 is 0 Å². The second kappa shape index (κ2) is 7.19. The van der Waals surface area contributed by atoms with Gasteiger partial charge in [0.1, 0.15) is 5.54 Å². The van der Waals surface area contributed by atoms with Gasteiger partial charge in [-0.05, 0) is 30.5 Å². The maximum absolute atomic E-state index is 13.4. The number of piperidine rings is 1. The smallest absolute Gasteiger partial charge is 0.243 e. The van der Waals surface area contributed by atoms with Gasteiger partial charge in [-0.1, -0.05) is 30.3 Å². The Morgan fingerprint density at radius 1 is 1.08 bits per heavy atom. The van der Waals surface area contributed by atoms with Crippen molar-refractivity contribution in [1.29, 1.82) is 0 Å². The molecule has 0 saturated carbocycles. The Bertz CT molecular complexity index is 744. The van der Waals surface area contributed by atoms with Crippen LogP contribution in [-0.4, -0.2) is 29.4 Å². The highest BCUT2D eigenvalue weighted by Crippen LogP contribution is 2.28. The molecule has 6 heteroatoms. The second-order valence-corrected chi connectivity index (χ2v) is 6.46. The van der Waals surface area contributed by atoms with Crippen molar-refractivity contribution in [3.8, 4) is 0 Å². The summed E-state index contributed by atoms with van der Waals surface area (Å²) in [6.07, 6.45) is 1.02. The molecule has 25 heavy (non-hydrogen) atoms. The molecule has 4 nitrogen and oxygen atoms in total. The number of nitrogens with zero attached hydrogens (tertiary/aromatic N) is 1. The van der Waals surface area contributed by atoms with Gasteiger partial charge in [0.15, 0.2) is 11.6 Å². The first-order chi connectivity index (χ1) is 12.0. The summed E-state index contributed by atoms with van der Waals surface area (Å²) in [5.41, 5.74) is 6.25. The molecule has 1 heterocycles. The molecule has 0 radical (unpaired) electrons. The lowest BCUT2D eigenvalue weighted by atomic mass is 9.86. The van der Waals surface area contributed by atoms with Crippen molar-refractivity contribution in [1.82, 2.24) is 4.90 Å². The van der Waals surface area contributed by atoms with Gasteiger partial charge >= 0.3 is 0 Å². The molecule has 132 valence electrons. The fourth-order valence-electron chi connectivity index (χ4n) is 3.22. The minimum atomic E-state index is -0.953. The molecule has 3 N–H and O–H groups in total. The van der Waals surface area contributed by atoms with Crippen molar-refractivity contribution in [3.63, 3.8) is 0 Å². The van der Waals surface area contributed by atoms with Gasteiger partial charge in [0.25, 0.3) is 0 Å². The highest BCUT2D eigenvalue weighted by molar-refractivity contribution is 5.88. The summed E-state index contributed by atoms with van der Waals surface area (Å²) < 4.78 is 26.5. The van der Waals surface area contributed by atoms with E-state index in [1.54, 1.807) is 0 Å². The average molecular weight is 345 g/mol. The number of hydrogen-bond donors (Lipinski definition) is 2. The minimum absolute atomic E-state index is 0.356. The Balaban J connectivity index is 1.68. The van der Waals surface area contributed by atoms with Crippen molar-refractivity contribution in [2.24, 2.45) is 5.73 Å². The van der Waals surface area contributed by atoms with Crippen LogP contribution in [0.4, 0.5) is 14.5 Å².